The summed E-state index contributed by atoms with van der Waals surface area (Å²) in [6.07, 6.45) is 11.6. The van der Waals surface area contributed by atoms with Crippen LogP contribution in [0, 0.1) is 5.92 Å². The molecule has 4 heteroatoms. The molecule has 0 saturated carbocycles. The van der Waals surface area contributed by atoms with Crippen LogP contribution in [-0.4, -0.2) is 27.3 Å². The fourth-order valence-corrected chi connectivity index (χ4v) is 3.05. The molecule has 2 aliphatic rings. The van der Waals surface area contributed by atoms with Crippen LogP contribution < -0.4 is 5.73 Å². The quantitative estimate of drug-likeness (QED) is 0.861. The molecule has 1 aromatic rings. The van der Waals surface area contributed by atoms with E-state index in [2.05, 4.69) is 34.3 Å². The summed E-state index contributed by atoms with van der Waals surface area (Å²) >= 11 is 0. The van der Waals surface area contributed by atoms with Gasteiger partial charge in [0.1, 0.15) is 5.82 Å². The number of piperidine rings is 1. The molecular weight excluding hydrogens is 224 g/mol. The Bertz CT molecular complexity index is 486. The summed E-state index contributed by atoms with van der Waals surface area (Å²) in [7, 11) is 1.96. The number of fused-ring (bicyclic) bond motifs is 1. The first-order valence-electron chi connectivity index (χ1n) is 6.61. The van der Waals surface area contributed by atoms with Crippen molar-refractivity contribution in [3.63, 3.8) is 0 Å². The fourth-order valence-electron chi connectivity index (χ4n) is 3.05. The third-order valence-electron chi connectivity index (χ3n) is 3.98. The Balaban J connectivity index is 1.77. The molecule has 4 nitrogen and oxygen atoms in total. The number of aryl methyl sites for hydroxylation is 1. The Hall–Kier alpha value is -1.55. The second kappa shape index (κ2) is 4.61. The Morgan fingerprint density at radius 1 is 1.39 bits per heavy atom. The van der Waals surface area contributed by atoms with Crippen LogP contribution >= 0.6 is 0 Å². The molecule has 1 aromatic heterocycles. The third-order valence-corrected chi connectivity index (χ3v) is 3.98. The maximum absolute atomic E-state index is 5.74. The van der Waals surface area contributed by atoms with Crippen LogP contribution in [0.4, 0.5) is 5.82 Å². The van der Waals surface area contributed by atoms with Gasteiger partial charge in [-0.05, 0) is 25.3 Å². The highest BCUT2D eigenvalue weighted by Gasteiger charge is 2.29. The summed E-state index contributed by atoms with van der Waals surface area (Å²) in [5.74, 6) is 1.29. The third kappa shape index (κ3) is 2.08. The van der Waals surface area contributed by atoms with Gasteiger partial charge >= 0.3 is 0 Å². The monoisotopic (exact) mass is 244 g/mol. The molecular formula is C14H20N4. The van der Waals surface area contributed by atoms with E-state index in [4.69, 9.17) is 5.73 Å². The number of nitrogen functional groups attached to an aromatic ring is 1. The minimum absolute atomic E-state index is 0.542. The van der Waals surface area contributed by atoms with E-state index in [1.54, 1.807) is 0 Å². The molecule has 0 spiro atoms. The van der Waals surface area contributed by atoms with Gasteiger partial charge in [-0.15, -0.1) is 0 Å². The average Bonchev–Trinajstić information content (AvgIpc) is 2.68. The molecule has 0 aromatic carbocycles. The SMILES string of the molecule is Cn1nc(N)cc1CN1CCC[C@@H]2C=CC=C[C@@H]21. The normalized spacial score (nSPS) is 27.4. The molecule has 96 valence electrons. The van der Waals surface area contributed by atoms with Crippen molar-refractivity contribution in [3.8, 4) is 0 Å². The number of hydrogen-bond acceptors (Lipinski definition) is 3. The Labute approximate surface area is 108 Å². The number of allylic oxidation sites excluding steroid dienone is 2. The summed E-state index contributed by atoms with van der Waals surface area (Å²) in [6, 6.07) is 2.52. The maximum Gasteiger partial charge on any atom is 0.145 e. The molecule has 0 bridgehead atoms. The lowest BCUT2D eigenvalue weighted by atomic mass is 9.86. The number of nitrogens with two attached hydrogens (primary N) is 1. The van der Waals surface area contributed by atoms with Gasteiger partial charge < -0.3 is 5.73 Å². The molecule has 1 aliphatic heterocycles. The summed E-state index contributed by atoms with van der Waals surface area (Å²) in [6.45, 7) is 2.09. The highest BCUT2D eigenvalue weighted by molar-refractivity contribution is 5.29. The van der Waals surface area contributed by atoms with E-state index in [0.717, 1.165) is 13.1 Å². The number of hydrogen-bond donors (Lipinski definition) is 1. The number of likely N-dealkylation sites (tertiary alicyclic amines) is 1. The molecule has 0 radical (unpaired) electrons. The maximum atomic E-state index is 5.74. The van der Waals surface area contributed by atoms with E-state index in [9.17, 15) is 0 Å². The molecule has 2 atom stereocenters. The van der Waals surface area contributed by atoms with Gasteiger partial charge in [0.05, 0.1) is 5.69 Å². The lowest BCUT2D eigenvalue weighted by molar-refractivity contribution is 0.134. The Kier molecular flexibility index (Phi) is 2.96. The Morgan fingerprint density at radius 2 is 2.22 bits per heavy atom. The molecule has 1 aliphatic carbocycles. The first-order valence-corrected chi connectivity index (χ1v) is 6.61. The molecule has 0 unspecified atom stereocenters. The van der Waals surface area contributed by atoms with Crippen LogP contribution in [0.2, 0.25) is 0 Å². The minimum atomic E-state index is 0.542. The van der Waals surface area contributed by atoms with E-state index < -0.39 is 0 Å². The predicted octanol–water partition coefficient (Wildman–Crippen LogP) is 1.71. The number of anilines is 1. The Morgan fingerprint density at radius 3 is 3.00 bits per heavy atom. The fraction of sp³-hybridized carbons (Fsp3) is 0.500. The zero-order valence-electron chi connectivity index (χ0n) is 10.8. The van der Waals surface area contributed by atoms with E-state index in [0.29, 0.717) is 17.8 Å². The summed E-state index contributed by atoms with van der Waals surface area (Å²) in [5.41, 5.74) is 6.93. The number of rotatable bonds is 2. The van der Waals surface area contributed by atoms with Crippen LogP contribution in [0.5, 0.6) is 0 Å². The second-order valence-corrected chi connectivity index (χ2v) is 5.22. The van der Waals surface area contributed by atoms with Crippen molar-refractivity contribution in [1.29, 1.82) is 0 Å². The molecule has 1 fully saturated rings. The largest absolute Gasteiger partial charge is 0.382 e. The standard InChI is InChI=1S/C14H20N4/c1-17-12(9-14(15)16-17)10-18-8-4-6-11-5-2-3-7-13(11)18/h2-3,5,7,9,11,13H,4,6,8,10H2,1H3,(H2,15,16)/t11-,13-/m0/s1. The first-order chi connectivity index (χ1) is 8.74. The van der Waals surface area contributed by atoms with Crippen LogP contribution in [0.25, 0.3) is 0 Å². The van der Waals surface area contributed by atoms with Crippen molar-refractivity contribution in [2.75, 3.05) is 12.3 Å². The zero-order chi connectivity index (χ0) is 12.5. The van der Waals surface area contributed by atoms with E-state index in [1.807, 2.05) is 17.8 Å². The van der Waals surface area contributed by atoms with Crippen molar-refractivity contribution >= 4 is 5.82 Å². The molecule has 0 amide bonds. The second-order valence-electron chi connectivity index (χ2n) is 5.22. The van der Waals surface area contributed by atoms with Crippen molar-refractivity contribution in [3.05, 3.63) is 36.1 Å². The van der Waals surface area contributed by atoms with Crippen molar-refractivity contribution in [2.45, 2.75) is 25.4 Å². The van der Waals surface area contributed by atoms with Crippen molar-refractivity contribution < 1.29 is 0 Å². The van der Waals surface area contributed by atoms with Crippen molar-refractivity contribution in [2.24, 2.45) is 13.0 Å². The van der Waals surface area contributed by atoms with Gasteiger partial charge in [-0.25, -0.2) is 0 Å². The van der Waals surface area contributed by atoms with E-state index >= 15 is 0 Å². The average molecular weight is 244 g/mol. The summed E-state index contributed by atoms with van der Waals surface area (Å²) in [4.78, 5) is 2.53. The van der Waals surface area contributed by atoms with Gasteiger partial charge in [0.2, 0.25) is 0 Å². The molecule has 2 heterocycles. The lowest BCUT2D eigenvalue weighted by Crippen LogP contribution is -2.43. The van der Waals surface area contributed by atoms with E-state index in [1.165, 1.54) is 18.5 Å². The number of nitrogens with zero attached hydrogens (tertiary/aromatic N) is 3. The minimum Gasteiger partial charge on any atom is -0.382 e. The van der Waals surface area contributed by atoms with Crippen LogP contribution in [0.1, 0.15) is 18.5 Å². The van der Waals surface area contributed by atoms with Crippen molar-refractivity contribution in [1.82, 2.24) is 14.7 Å². The van der Waals surface area contributed by atoms with Crippen LogP contribution in [0.3, 0.4) is 0 Å². The van der Waals surface area contributed by atoms with E-state index in [-0.39, 0.29) is 0 Å². The predicted molar refractivity (Wildman–Crippen MR) is 72.8 cm³/mol. The number of aromatic nitrogens is 2. The lowest BCUT2D eigenvalue weighted by Gasteiger charge is -2.39. The highest BCUT2D eigenvalue weighted by atomic mass is 15.3. The van der Waals surface area contributed by atoms with Gasteiger partial charge in [-0.2, -0.15) is 5.10 Å². The van der Waals surface area contributed by atoms with Gasteiger partial charge in [0, 0.05) is 25.7 Å². The topological polar surface area (TPSA) is 47.1 Å². The zero-order valence-corrected chi connectivity index (χ0v) is 10.8. The molecule has 3 rings (SSSR count). The molecule has 2 N–H and O–H groups in total. The van der Waals surface area contributed by atoms with Gasteiger partial charge in [0.15, 0.2) is 0 Å². The smallest absolute Gasteiger partial charge is 0.145 e. The van der Waals surface area contributed by atoms with Gasteiger partial charge in [-0.3, -0.25) is 9.58 Å². The molecule has 1 saturated heterocycles. The highest BCUT2D eigenvalue weighted by Crippen LogP contribution is 2.29. The molecule has 18 heavy (non-hydrogen) atoms. The summed E-state index contributed by atoms with van der Waals surface area (Å²) < 4.78 is 1.89. The first kappa shape index (κ1) is 11.5. The van der Waals surface area contributed by atoms with Crippen LogP contribution in [-0.2, 0) is 13.6 Å². The van der Waals surface area contributed by atoms with Gasteiger partial charge in [0.25, 0.3) is 0 Å². The van der Waals surface area contributed by atoms with Crippen LogP contribution in [0.15, 0.2) is 30.4 Å². The summed E-state index contributed by atoms with van der Waals surface area (Å²) in [5, 5.41) is 4.22. The van der Waals surface area contributed by atoms with Gasteiger partial charge in [-0.1, -0.05) is 24.3 Å².